The van der Waals surface area contributed by atoms with Crippen molar-refractivity contribution < 1.29 is 0 Å². The third-order valence-electron chi connectivity index (χ3n) is 2.06. The molecule has 1 aromatic carbocycles. The number of benzene rings is 1. The zero-order valence-corrected chi connectivity index (χ0v) is 8.93. The van der Waals surface area contributed by atoms with Crippen LogP contribution in [0.1, 0.15) is 24.5 Å². The van der Waals surface area contributed by atoms with E-state index in [1.54, 1.807) is 0 Å². The number of hydrogen-bond acceptors (Lipinski definition) is 0. The van der Waals surface area contributed by atoms with Crippen LogP contribution in [0, 0.1) is 6.92 Å². The maximum Gasteiger partial charge on any atom is 0.0435 e. The fraction of sp³-hybridized carbons (Fsp3) is 0.333. The van der Waals surface area contributed by atoms with Crippen molar-refractivity contribution in [3.05, 3.63) is 46.5 Å². The van der Waals surface area contributed by atoms with Gasteiger partial charge in [0.15, 0.2) is 0 Å². The Balaban J connectivity index is 2.63. The average molecular weight is 195 g/mol. The van der Waals surface area contributed by atoms with Crippen molar-refractivity contribution in [2.24, 2.45) is 0 Å². The second-order valence-electron chi connectivity index (χ2n) is 3.19. The van der Waals surface area contributed by atoms with Crippen molar-refractivity contribution in [1.82, 2.24) is 0 Å². The summed E-state index contributed by atoms with van der Waals surface area (Å²) in [6.07, 6.45) is 6.48. The first-order valence-electron chi connectivity index (χ1n) is 4.60. The predicted octanol–water partition coefficient (Wildman–Crippen LogP) is 4.16. The molecule has 0 unspecified atom stereocenters. The highest BCUT2D eigenvalue weighted by atomic mass is 35.5. The van der Waals surface area contributed by atoms with Gasteiger partial charge in [0.25, 0.3) is 0 Å². The van der Waals surface area contributed by atoms with E-state index in [0.717, 1.165) is 17.9 Å². The van der Waals surface area contributed by atoms with Crippen LogP contribution in [0.25, 0.3) is 0 Å². The fourth-order valence-corrected chi connectivity index (χ4v) is 1.40. The minimum absolute atomic E-state index is 0.856. The SMILES string of the molecule is C/C=C\CCc1ccc(Cl)c(C)c1. The van der Waals surface area contributed by atoms with Crippen LogP contribution in [0.3, 0.4) is 0 Å². The largest absolute Gasteiger partial charge is 0.0917 e. The van der Waals surface area contributed by atoms with Crippen LogP contribution >= 0.6 is 11.6 Å². The Morgan fingerprint density at radius 1 is 1.38 bits per heavy atom. The predicted molar refractivity (Wildman–Crippen MR) is 59.3 cm³/mol. The van der Waals surface area contributed by atoms with Crippen LogP contribution in [-0.2, 0) is 6.42 Å². The molecule has 0 saturated carbocycles. The molecule has 70 valence electrons. The fourth-order valence-electron chi connectivity index (χ4n) is 1.28. The lowest BCUT2D eigenvalue weighted by Gasteiger charge is -2.01. The number of rotatable bonds is 3. The first-order valence-corrected chi connectivity index (χ1v) is 4.98. The molecule has 1 heteroatoms. The van der Waals surface area contributed by atoms with E-state index >= 15 is 0 Å². The van der Waals surface area contributed by atoms with Gasteiger partial charge in [-0.2, -0.15) is 0 Å². The Bertz CT molecular complexity index is 300. The summed E-state index contributed by atoms with van der Waals surface area (Å²) in [6, 6.07) is 6.23. The van der Waals surface area contributed by atoms with Gasteiger partial charge in [0, 0.05) is 5.02 Å². The maximum atomic E-state index is 5.93. The van der Waals surface area contributed by atoms with E-state index in [1.807, 2.05) is 19.9 Å². The second-order valence-corrected chi connectivity index (χ2v) is 3.60. The summed E-state index contributed by atoms with van der Waals surface area (Å²) < 4.78 is 0. The van der Waals surface area contributed by atoms with E-state index in [1.165, 1.54) is 11.1 Å². The van der Waals surface area contributed by atoms with Gasteiger partial charge in [0.1, 0.15) is 0 Å². The van der Waals surface area contributed by atoms with Gasteiger partial charge in [-0.3, -0.25) is 0 Å². The van der Waals surface area contributed by atoms with E-state index in [9.17, 15) is 0 Å². The minimum Gasteiger partial charge on any atom is -0.0917 e. The van der Waals surface area contributed by atoms with Crippen molar-refractivity contribution in [2.45, 2.75) is 26.7 Å². The molecular weight excluding hydrogens is 180 g/mol. The normalized spacial score (nSPS) is 11.0. The lowest BCUT2D eigenvalue weighted by Crippen LogP contribution is -1.85. The summed E-state index contributed by atoms with van der Waals surface area (Å²) in [4.78, 5) is 0. The Kier molecular flexibility index (Phi) is 4.04. The molecule has 0 saturated heterocycles. The standard InChI is InChI=1S/C12H15Cl/c1-3-4-5-6-11-7-8-12(13)10(2)9-11/h3-4,7-9H,5-6H2,1-2H3/b4-3-. The van der Waals surface area contributed by atoms with Gasteiger partial charge in [-0.1, -0.05) is 35.9 Å². The van der Waals surface area contributed by atoms with Gasteiger partial charge in [-0.05, 0) is 43.9 Å². The highest BCUT2D eigenvalue weighted by Gasteiger charge is 1.96. The highest BCUT2D eigenvalue weighted by molar-refractivity contribution is 6.31. The molecule has 0 heterocycles. The van der Waals surface area contributed by atoms with Gasteiger partial charge < -0.3 is 0 Å². The molecular formula is C12H15Cl. The van der Waals surface area contributed by atoms with Crippen molar-refractivity contribution >= 4 is 11.6 Å². The summed E-state index contributed by atoms with van der Waals surface area (Å²) >= 11 is 5.93. The van der Waals surface area contributed by atoms with Crippen LogP contribution in [0.2, 0.25) is 5.02 Å². The lowest BCUT2D eigenvalue weighted by molar-refractivity contribution is 0.996. The molecule has 1 aromatic rings. The molecule has 1 rings (SSSR count). The molecule has 0 aliphatic carbocycles. The molecule has 0 N–H and O–H groups in total. The molecule has 0 nitrogen and oxygen atoms in total. The maximum absolute atomic E-state index is 5.93. The molecule has 0 atom stereocenters. The topological polar surface area (TPSA) is 0 Å². The van der Waals surface area contributed by atoms with Crippen LogP contribution in [-0.4, -0.2) is 0 Å². The molecule has 0 aliphatic heterocycles. The first-order chi connectivity index (χ1) is 6.24. The molecule has 0 spiro atoms. The number of hydrogen-bond donors (Lipinski definition) is 0. The average Bonchev–Trinajstić information content (AvgIpc) is 2.12. The highest BCUT2D eigenvalue weighted by Crippen LogP contribution is 2.17. The van der Waals surface area contributed by atoms with Gasteiger partial charge in [0.2, 0.25) is 0 Å². The molecule has 0 radical (unpaired) electrons. The van der Waals surface area contributed by atoms with E-state index in [4.69, 9.17) is 11.6 Å². The Labute approximate surface area is 85.2 Å². The second kappa shape index (κ2) is 5.08. The van der Waals surface area contributed by atoms with Crippen molar-refractivity contribution in [3.63, 3.8) is 0 Å². The lowest BCUT2D eigenvalue weighted by atomic mass is 10.1. The summed E-state index contributed by atoms with van der Waals surface area (Å²) in [5, 5.41) is 0.856. The van der Waals surface area contributed by atoms with Crippen LogP contribution in [0.15, 0.2) is 30.4 Å². The van der Waals surface area contributed by atoms with Crippen molar-refractivity contribution in [2.75, 3.05) is 0 Å². The summed E-state index contributed by atoms with van der Waals surface area (Å²) in [5.41, 5.74) is 2.53. The van der Waals surface area contributed by atoms with Crippen LogP contribution in [0.4, 0.5) is 0 Å². The van der Waals surface area contributed by atoms with Crippen molar-refractivity contribution in [3.8, 4) is 0 Å². The quantitative estimate of drug-likeness (QED) is 0.634. The molecule has 13 heavy (non-hydrogen) atoms. The first kappa shape index (κ1) is 10.3. The Morgan fingerprint density at radius 2 is 2.15 bits per heavy atom. The number of aryl methyl sites for hydroxylation is 2. The molecule has 0 bridgehead atoms. The molecule has 0 fully saturated rings. The summed E-state index contributed by atoms with van der Waals surface area (Å²) in [6.45, 7) is 4.09. The zero-order valence-electron chi connectivity index (χ0n) is 8.18. The molecule has 0 aliphatic rings. The molecule has 0 amide bonds. The smallest absolute Gasteiger partial charge is 0.0435 e. The van der Waals surface area contributed by atoms with E-state index in [-0.39, 0.29) is 0 Å². The number of halogens is 1. The van der Waals surface area contributed by atoms with E-state index < -0.39 is 0 Å². The van der Waals surface area contributed by atoms with E-state index in [0.29, 0.717) is 0 Å². The third-order valence-corrected chi connectivity index (χ3v) is 2.48. The summed E-state index contributed by atoms with van der Waals surface area (Å²) in [5.74, 6) is 0. The van der Waals surface area contributed by atoms with Crippen LogP contribution in [0.5, 0.6) is 0 Å². The Hall–Kier alpha value is -0.750. The number of allylic oxidation sites excluding steroid dienone is 2. The van der Waals surface area contributed by atoms with E-state index in [2.05, 4.69) is 24.3 Å². The third kappa shape index (κ3) is 3.23. The summed E-state index contributed by atoms with van der Waals surface area (Å²) in [7, 11) is 0. The van der Waals surface area contributed by atoms with Gasteiger partial charge in [-0.25, -0.2) is 0 Å². The van der Waals surface area contributed by atoms with Gasteiger partial charge in [0.05, 0.1) is 0 Å². The van der Waals surface area contributed by atoms with Crippen LogP contribution < -0.4 is 0 Å². The zero-order chi connectivity index (χ0) is 9.68. The molecule has 0 aromatic heterocycles. The monoisotopic (exact) mass is 194 g/mol. The van der Waals surface area contributed by atoms with Gasteiger partial charge >= 0.3 is 0 Å². The Morgan fingerprint density at radius 3 is 2.77 bits per heavy atom. The minimum atomic E-state index is 0.856. The van der Waals surface area contributed by atoms with Crippen molar-refractivity contribution in [1.29, 1.82) is 0 Å². The van der Waals surface area contributed by atoms with Gasteiger partial charge in [-0.15, -0.1) is 0 Å².